The van der Waals surface area contributed by atoms with Crippen molar-refractivity contribution in [3.8, 4) is 0 Å². The third-order valence-electron chi connectivity index (χ3n) is 2.08. The predicted octanol–water partition coefficient (Wildman–Crippen LogP) is 1.50. The number of carbonyl (C=O) groups excluding carboxylic acids is 1. The smallest absolute Gasteiger partial charge is 0.401 e. The Morgan fingerprint density at radius 1 is 1.40 bits per heavy atom. The summed E-state index contributed by atoms with van der Waals surface area (Å²) in [5.41, 5.74) is 0.415. The van der Waals surface area contributed by atoms with Crippen LogP contribution in [-0.4, -0.2) is 26.0 Å². The van der Waals surface area contributed by atoms with E-state index in [4.69, 9.17) is 4.42 Å². The largest absolute Gasteiger partial charge is 0.433 e. The lowest BCUT2D eigenvalue weighted by molar-refractivity contribution is -0.402. The van der Waals surface area contributed by atoms with Crippen LogP contribution >= 0.6 is 0 Å². The SMILES string of the molecule is CC(=O)Nc1ncc(C=Cc2ccc([N+](=O)[O-])o2)nn1. The maximum Gasteiger partial charge on any atom is 0.433 e. The summed E-state index contributed by atoms with van der Waals surface area (Å²) in [5.74, 6) is -0.222. The molecule has 0 aliphatic rings. The monoisotopic (exact) mass is 275 g/mol. The standard InChI is InChI=1S/C11H9N5O4/c1-7(17)13-11-12-6-8(14-15-11)2-3-9-4-5-10(20-9)16(18)19/h2-6H,1H3,(H,12,13,15,17). The summed E-state index contributed by atoms with van der Waals surface area (Å²) < 4.78 is 4.93. The van der Waals surface area contributed by atoms with E-state index in [1.807, 2.05) is 0 Å². The van der Waals surface area contributed by atoms with Gasteiger partial charge in [0.2, 0.25) is 11.9 Å². The highest BCUT2D eigenvalue weighted by Crippen LogP contribution is 2.17. The van der Waals surface area contributed by atoms with E-state index in [1.54, 1.807) is 0 Å². The van der Waals surface area contributed by atoms with Gasteiger partial charge in [0, 0.05) is 6.92 Å². The van der Waals surface area contributed by atoms with Crippen molar-refractivity contribution in [3.63, 3.8) is 0 Å². The normalized spacial score (nSPS) is 10.7. The molecule has 1 N–H and O–H groups in total. The fraction of sp³-hybridized carbons (Fsp3) is 0.0909. The van der Waals surface area contributed by atoms with Crippen molar-refractivity contribution in [3.05, 3.63) is 39.9 Å². The molecule has 0 aliphatic carbocycles. The first-order valence-electron chi connectivity index (χ1n) is 5.44. The number of nitro groups is 1. The number of amides is 1. The molecule has 0 saturated carbocycles. The van der Waals surface area contributed by atoms with E-state index in [-0.39, 0.29) is 17.7 Å². The molecule has 0 radical (unpaired) electrons. The molecule has 2 aromatic rings. The van der Waals surface area contributed by atoms with Crippen LogP contribution in [0.1, 0.15) is 18.4 Å². The summed E-state index contributed by atoms with van der Waals surface area (Å²) in [4.78, 5) is 24.4. The van der Waals surface area contributed by atoms with Gasteiger partial charge < -0.3 is 4.42 Å². The summed E-state index contributed by atoms with van der Waals surface area (Å²) in [7, 11) is 0. The molecule has 102 valence electrons. The molecule has 1 amide bonds. The maximum absolute atomic E-state index is 10.8. The first-order valence-corrected chi connectivity index (χ1v) is 5.44. The van der Waals surface area contributed by atoms with Crippen LogP contribution in [0, 0.1) is 10.1 Å². The van der Waals surface area contributed by atoms with Gasteiger partial charge in [-0.15, -0.1) is 10.2 Å². The second kappa shape index (κ2) is 5.69. The van der Waals surface area contributed by atoms with Crippen molar-refractivity contribution in [2.45, 2.75) is 6.92 Å². The van der Waals surface area contributed by atoms with Gasteiger partial charge in [0.1, 0.15) is 16.4 Å². The summed E-state index contributed by atoms with van der Waals surface area (Å²) in [6, 6.07) is 2.71. The highest BCUT2D eigenvalue weighted by molar-refractivity contribution is 5.86. The first-order chi connectivity index (χ1) is 9.54. The molecule has 9 nitrogen and oxygen atoms in total. The molecule has 0 atom stereocenters. The number of anilines is 1. The van der Waals surface area contributed by atoms with Crippen LogP contribution < -0.4 is 5.32 Å². The molecule has 9 heteroatoms. The van der Waals surface area contributed by atoms with Crippen LogP contribution in [0.5, 0.6) is 0 Å². The number of nitrogens with zero attached hydrogens (tertiary/aromatic N) is 4. The summed E-state index contributed by atoms with van der Waals surface area (Å²) in [6.45, 7) is 1.33. The number of aromatic nitrogens is 3. The molecule has 0 fully saturated rings. The third kappa shape index (κ3) is 3.45. The van der Waals surface area contributed by atoms with Crippen LogP contribution in [0.2, 0.25) is 0 Å². The van der Waals surface area contributed by atoms with Gasteiger partial charge in [-0.2, -0.15) is 0 Å². The number of hydrogen-bond donors (Lipinski definition) is 1. The van der Waals surface area contributed by atoms with Crippen LogP contribution in [0.25, 0.3) is 12.2 Å². The fourth-order valence-electron chi connectivity index (χ4n) is 1.27. The Kier molecular flexibility index (Phi) is 3.80. The van der Waals surface area contributed by atoms with E-state index in [2.05, 4.69) is 20.5 Å². The minimum Gasteiger partial charge on any atom is -0.401 e. The second-order valence-corrected chi connectivity index (χ2v) is 3.65. The van der Waals surface area contributed by atoms with Gasteiger partial charge >= 0.3 is 5.88 Å². The number of carbonyl (C=O) groups is 1. The number of hydrogen-bond acceptors (Lipinski definition) is 7. The molecular weight excluding hydrogens is 266 g/mol. The Morgan fingerprint density at radius 3 is 2.75 bits per heavy atom. The third-order valence-corrected chi connectivity index (χ3v) is 2.08. The van der Waals surface area contributed by atoms with Gasteiger partial charge in [-0.3, -0.25) is 20.2 Å². The molecule has 0 bridgehead atoms. The van der Waals surface area contributed by atoms with Crippen LogP contribution in [-0.2, 0) is 4.79 Å². The first kappa shape index (κ1) is 13.3. The molecule has 0 unspecified atom stereocenters. The topological polar surface area (TPSA) is 124 Å². The molecular formula is C11H9N5O4. The van der Waals surface area contributed by atoms with Crippen LogP contribution in [0.15, 0.2) is 22.7 Å². The van der Waals surface area contributed by atoms with Crippen molar-refractivity contribution in [1.29, 1.82) is 0 Å². The zero-order valence-corrected chi connectivity index (χ0v) is 10.3. The van der Waals surface area contributed by atoms with Crippen molar-refractivity contribution < 1.29 is 14.1 Å². The summed E-state index contributed by atoms with van der Waals surface area (Å²) >= 11 is 0. The van der Waals surface area contributed by atoms with Gasteiger partial charge in [0.05, 0.1) is 12.3 Å². The lowest BCUT2D eigenvalue weighted by Crippen LogP contribution is -2.10. The Morgan fingerprint density at radius 2 is 2.20 bits per heavy atom. The maximum atomic E-state index is 10.8. The average molecular weight is 275 g/mol. The van der Waals surface area contributed by atoms with Gasteiger partial charge in [0.25, 0.3) is 0 Å². The van der Waals surface area contributed by atoms with Crippen molar-refractivity contribution in [1.82, 2.24) is 15.2 Å². The quantitative estimate of drug-likeness (QED) is 0.662. The lowest BCUT2D eigenvalue weighted by Gasteiger charge is -1.97. The van der Waals surface area contributed by atoms with Gasteiger partial charge in [-0.1, -0.05) is 0 Å². The molecule has 0 aliphatic heterocycles. The van der Waals surface area contributed by atoms with Crippen molar-refractivity contribution in [2.75, 3.05) is 5.32 Å². The average Bonchev–Trinajstić information content (AvgIpc) is 2.86. The minimum absolute atomic E-state index is 0.100. The second-order valence-electron chi connectivity index (χ2n) is 3.65. The fourth-order valence-corrected chi connectivity index (χ4v) is 1.27. The molecule has 20 heavy (non-hydrogen) atoms. The zero-order chi connectivity index (χ0) is 14.5. The Balaban J connectivity index is 2.06. The highest BCUT2D eigenvalue weighted by atomic mass is 16.6. The molecule has 0 aromatic carbocycles. The Bertz CT molecular complexity index is 662. The Hall–Kier alpha value is -3.10. The number of furan rings is 1. The van der Waals surface area contributed by atoms with Crippen LogP contribution in [0.4, 0.5) is 11.8 Å². The van der Waals surface area contributed by atoms with E-state index in [0.717, 1.165) is 0 Å². The van der Waals surface area contributed by atoms with E-state index < -0.39 is 4.92 Å². The Labute approximate surface area is 112 Å². The van der Waals surface area contributed by atoms with Crippen molar-refractivity contribution >= 4 is 29.9 Å². The molecule has 2 rings (SSSR count). The van der Waals surface area contributed by atoms with Gasteiger partial charge in [0.15, 0.2) is 0 Å². The minimum atomic E-state index is -0.624. The van der Waals surface area contributed by atoms with E-state index >= 15 is 0 Å². The molecule has 0 spiro atoms. The molecule has 2 aromatic heterocycles. The van der Waals surface area contributed by atoms with Gasteiger partial charge in [-0.05, 0) is 18.2 Å². The summed E-state index contributed by atoms with van der Waals surface area (Å²) in [5, 5.41) is 20.3. The molecule has 2 heterocycles. The number of nitrogens with one attached hydrogen (secondary N) is 1. The summed E-state index contributed by atoms with van der Waals surface area (Å²) in [6.07, 6.45) is 4.42. The van der Waals surface area contributed by atoms with Gasteiger partial charge in [-0.25, -0.2) is 4.98 Å². The highest BCUT2D eigenvalue weighted by Gasteiger charge is 2.09. The predicted molar refractivity (Wildman–Crippen MR) is 68.4 cm³/mol. The lowest BCUT2D eigenvalue weighted by atomic mass is 10.3. The van der Waals surface area contributed by atoms with E-state index in [0.29, 0.717) is 11.5 Å². The zero-order valence-electron chi connectivity index (χ0n) is 10.3. The number of rotatable bonds is 4. The van der Waals surface area contributed by atoms with Crippen LogP contribution in [0.3, 0.4) is 0 Å². The van der Waals surface area contributed by atoms with Crippen molar-refractivity contribution in [2.24, 2.45) is 0 Å². The van der Waals surface area contributed by atoms with E-state index in [9.17, 15) is 14.9 Å². The van der Waals surface area contributed by atoms with E-state index in [1.165, 1.54) is 37.4 Å². The molecule has 0 saturated heterocycles.